The summed E-state index contributed by atoms with van der Waals surface area (Å²) >= 11 is 0. The summed E-state index contributed by atoms with van der Waals surface area (Å²) in [4.78, 5) is 58.1. The number of fused-ring (bicyclic) bond motifs is 2. The van der Waals surface area contributed by atoms with Crippen LogP contribution in [0.1, 0.15) is 72.4 Å². The zero-order valence-electron chi connectivity index (χ0n) is 28.5. The molecule has 0 saturated carbocycles. The number of carbonyl (C=O) groups excluding carboxylic acids is 4. The number of azide groups is 2. The molecule has 0 saturated heterocycles. The summed E-state index contributed by atoms with van der Waals surface area (Å²) in [5.74, 6) is -1.80. The summed E-state index contributed by atoms with van der Waals surface area (Å²) in [5, 5.41) is 45.3. The van der Waals surface area contributed by atoms with Crippen LogP contribution in [0.4, 0.5) is 21.0 Å². The fourth-order valence-corrected chi connectivity index (χ4v) is 5.65. The smallest absolute Gasteiger partial charge is 0.315 e. The van der Waals surface area contributed by atoms with Crippen molar-refractivity contribution >= 4 is 35.0 Å². The SMILES string of the molecule is CC(C)C[C@@H](CN=[N+]=[N-])NC(=O)NCCNc1ccc(NCCNC(=O)N[C@H](CN=[N+]=[N-])CC(C)C)c2c1C(=O)c1c(O)ccc(O)c1C2=O. The monoisotopic (exact) mass is 692 g/mol. The minimum Gasteiger partial charge on any atom is -0.507 e. The highest BCUT2D eigenvalue weighted by Gasteiger charge is 2.38. The molecular formula is C32H44N12O6. The summed E-state index contributed by atoms with van der Waals surface area (Å²) in [7, 11) is 0. The Morgan fingerprint density at radius 3 is 1.38 bits per heavy atom. The lowest BCUT2D eigenvalue weighted by Gasteiger charge is -2.25. The van der Waals surface area contributed by atoms with Crippen molar-refractivity contribution in [3.05, 3.63) is 67.4 Å². The number of anilines is 2. The van der Waals surface area contributed by atoms with E-state index in [0.29, 0.717) is 12.8 Å². The highest BCUT2D eigenvalue weighted by molar-refractivity contribution is 6.33. The van der Waals surface area contributed by atoms with Crippen LogP contribution in [0.25, 0.3) is 20.9 Å². The lowest BCUT2D eigenvalue weighted by atomic mass is 9.81. The Hall–Kier alpha value is -5.86. The van der Waals surface area contributed by atoms with Crippen LogP contribution >= 0.6 is 0 Å². The minimum atomic E-state index is -0.692. The fourth-order valence-electron chi connectivity index (χ4n) is 5.65. The number of hydrogen-bond donors (Lipinski definition) is 8. The van der Waals surface area contributed by atoms with Crippen molar-refractivity contribution in [3.63, 3.8) is 0 Å². The van der Waals surface area contributed by atoms with Crippen molar-refractivity contribution in [2.45, 2.75) is 52.6 Å². The molecule has 0 unspecified atom stereocenters. The average molecular weight is 693 g/mol. The van der Waals surface area contributed by atoms with E-state index in [0.717, 1.165) is 12.1 Å². The largest absolute Gasteiger partial charge is 0.507 e. The summed E-state index contributed by atoms with van der Waals surface area (Å²) < 4.78 is 0. The molecule has 268 valence electrons. The molecule has 18 nitrogen and oxygen atoms in total. The second-order valence-electron chi connectivity index (χ2n) is 12.6. The molecule has 2 aromatic rings. The van der Waals surface area contributed by atoms with Gasteiger partial charge in [0.1, 0.15) is 11.5 Å². The number of amides is 4. The van der Waals surface area contributed by atoms with Crippen LogP contribution in [-0.4, -0.2) is 85.2 Å². The van der Waals surface area contributed by atoms with Gasteiger partial charge in [0.05, 0.1) is 22.3 Å². The van der Waals surface area contributed by atoms with Gasteiger partial charge in [-0.05, 0) is 60.0 Å². The Morgan fingerprint density at radius 1 is 0.660 bits per heavy atom. The van der Waals surface area contributed by atoms with E-state index in [1.165, 1.54) is 0 Å². The number of nitrogens with one attached hydrogen (secondary N) is 6. The number of urea groups is 2. The van der Waals surface area contributed by atoms with Gasteiger partial charge in [-0.25, -0.2) is 9.59 Å². The van der Waals surface area contributed by atoms with Gasteiger partial charge in [-0.1, -0.05) is 37.9 Å². The van der Waals surface area contributed by atoms with Gasteiger partial charge < -0.3 is 42.1 Å². The summed E-state index contributed by atoms with van der Waals surface area (Å²) in [6.45, 7) is 8.68. The van der Waals surface area contributed by atoms with E-state index >= 15 is 0 Å². The van der Waals surface area contributed by atoms with Crippen LogP contribution in [0.15, 0.2) is 34.5 Å². The molecule has 4 amide bonds. The first-order valence-electron chi connectivity index (χ1n) is 16.3. The molecule has 0 bridgehead atoms. The van der Waals surface area contributed by atoms with Crippen LogP contribution in [0.2, 0.25) is 0 Å². The number of benzene rings is 2. The standard InChI is InChI=1S/C32H44N12O6/c1-17(2)13-19(15-39-43-33)41-31(49)37-11-9-35-21-5-6-22(36-10-12-38-32(50)42-20(14-18(3)4)16-40-44-34)26-25(21)29(47)27-23(45)7-8-24(46)28(27)30(26)48/h5-8,17-20,35-36,45-46H,9-16H2,1-4H3,(H2,37,41,49)(H2,38,42,50)/t19-,20-/m0/s1. The number of ketones is 2. The molecule has 50 heavy (non-hydrogen) atoms. The first-order chi connectivity index (χ1) is 23.9. The molecule has 0 fully saturated rings. The van der Waals surface area contributed by atoms with Gasteiger partial charge in [0.2, 0.25) is 11.6 Å². The van der Waals surface area contributed by atoms with E-state index in [-0.39, 0.29) is 96.8 Å². The molecule has 0 aromatic heterocycles. The number of rotatable bonds is 18. The molecule has 0 radical (unpaired) electrons. The Bertz CT molecular complexity index is 1550. The van der Waals surface area contributed by atoms with Crippen molar-refractivity contribution in [1.29, 1.82) is 0 Å². The van der Waals surface area contributed by atoms with Crippen molar-refractivity contribution in [3.8, 4) is 11.5 Å². The molecule has 18 heteroatoms. The summed E-state index contributed by atoms with van der Waals surface area (Å²) in [6, 6.07) is 3.76. The van der Waals surface area contributed by atoms with Crippen LogP contribution < -0.4 is 31.9 Å². The topological polar surface area (TPSA) is 278 Å². The molecule has 2 atom stereocenters. The summed E-state index contributed by atoms with van der Waals surface area (Å²) in [6.07, 6.45) is 1.22. The van der Waals surface area contributed by atoms with Crippen molar-refractivity contribution in [2.75, 3.05) is 49.9 Å². The quantitative estimate of drug-likeness (QED) is 0.0302. The maximum absolute atomic E-state index is 13.8. The Labute approximate surface area is 289 Å². The number of carbonyl (C=O) groups is 4. The van der Waals surface area contributed by atoms with E-state index in [9.17, 15) is 29.4 Å². The number of nitrogens with zero attached hydrogens (tertiary/aromatic N) is 6. The molecule has 8 N–H and O–H groups in total. The highest BCUT2D eigenvalue weighted by atomic mass is 16.3. The molecule has 0 heterocycles. The van der Waals surface area contributed by atoms with Crippen LogP contribution in [-0.2, 0) is 0 Å². The molecular weight excluding hydrogens is 648 g/mol. The molecule has 3 rings (SSSR count). The van der Waals surface area contributed by atoms with Gasteiger partial charge in [-0.15, -0.1) is 0 Å². The number of phenolic OH excluding ortho intramolecular Hbond substituents is 2. The zero-order valence-corrected chi connectivity index (χ0v) is 28.5. The third-order valence-corrected chi connectivity index (χ3v) is 7.64. The first kappa shape index (κ1) is 38.6. The van der Waals surface area contributed by atoms with Gasteiger partial charge >= 0.3 is 12.1 Å². The van der Waals surface area contributed by atoms with Crippen LogP contribution in [0, 0.1) is 11.8 Å². The van der Waals surface area contributed by atoms with E-state index < -0.39 is 35.1 Å². The van der Waals surface area contributed by atoms with Crippen molar-refractivity contribution < 1.29 is 29.4 Å². The van der Waals surface area contributed by atoms with E-state index in [2.05, 4.69) is 52.0 Å². The van der Waals surface area contributed by atoms with E-state index in [4.69, 9.17) is 11.1 Å². The van der Waals surface area contributed by atoms with Gasteiger partial charge in [0, 0.05) is 72.6 Å². The van der Waals surface area contributed by atoms with Crippen molar-refractivity contribution in [1.82, 2.24) is 21.3 Å². The molecule has 1 aliphatic rings. The second kappa shape index (κ2) is 18.6. The van der Waals surface area contributed by atoms with E-state index in [1.807, 2.05) is 27.7 Å². The van der Waals surface area contributed by atoms with Crippen LogP contribution in [0.5, 0.6) is 11.5 Å². The Kier molecular flexibility index (Phi) is 14.4. The third-order valence-electron chi connectivity index (χ3n) is 7.64. The lowest BCUT2D eigenvalue weighted by Crippen LogP contribution is -2.45. The van der Waals surface area contributed by atoms with Gasteiger partial charge in [-0.2, -0.15) is 0 Å². The first-order valence-corrected chi connectivity index (χ1v) is 16.3. The number of phenols is 2. The average Bonchev–Trinajstić information content (AvgIpc) is 3.05. The summed E-state index contributed by atoms with van der Waals surface area (Å²) in [5.41, 5.74) is 17.1. The van der Waals surface area contributed by atoms with Gasteiger partial charge in [0.15, 0.2) is 0 Å². The number of aromatic hydroxyl groups is 2. The van der Waals surface area contributed by atoms with Crippen molar-refractivity contribution in [2.24, 2.45) is 22.1 Å². The minimum absolute atomic E-state index is 0.0375. The molecule has 1 aliphatic carbocycles. The maximum Gasteiger partial charge on any atom is 0.315 e. The number of hydrogen-bond acceptors (Lipinski definition) is 10. The zero-order chi connectivity index (χ0) is 36.8. The normalized spacial score (nSPS) is 12.8. The maximum atomic E-state index is 13.8. The Balaban J connectivity index is 1.74. The second-order valence-corrected chi connectivity index (χ2v) is 12.6. The predicted octanol–water partition coefficient (Wildman–Crippen LogP) is 4.75. The van der Waals surface area contributed by atoms with Gasteiger partial charge in [0.25, 0.3) is 0 Å². The highest BCUT2D eigenvalue weighted by Crippen LogP contribution is 2.42. The molecule has 2 aromatic carbocycles. The predicted molar refractivity (Wildman–Crippen MR) is 188 cm³/mol. The molecule has 0 spiro atoms. The Morgan fingerprint density at radius 2 is 1.04 bits per heavy atom. The van der Waals surface area contributed by atoms with E-state index in [1.54, 1.807) is 12.1 Å². The van der Waals surface area contributed by atoms with Crippen LogP contribution in [0.3, 0.4) is 0 Å². The third kappa shape index (κ3) is 10.6. The lowest BCUT2D eigenvalue weighted by molar-refractivity contribution is 0.0975. The van der Waals surface area contributed by atoms with Gasteiger partial charge in [-0.3, -0.25) is 9.59 Å². The molecule has 0 aliphatic heterocycles. The fraction of sp³-hybridized carbons (Fsp3) is 0.500.